The summed E-state index contributed by atoms with van der Waals surface area (Å²) >= 11 is 0. The molecule has 0 bridgehead atoms. The van der Waals surface area contributed by atoms with Crippen molar-refractivity contribution in [2.24, 2.45) is 0 Å². The molecular weight excluding hydrogens is 585 g/mol. The van der Waals surface area contributed by atoms with Gasteiger partial charge in [0.2, 0.25) is 11.8 Å². The first-order chi connectivity index (χ1) is 21.1. The molecule has 3 aromatic rings. The van der Waals surface area contributed by atoms with Gasteiger partial charge in [-0.1, -0.05) is 43.5 Å². The first kappa shape index (κ1) is 31.3. The van der Waals surface area contributed by atoms with Gasteiger partial charge in [0.15, 0.2) is 11.5 Å². The maximum Gasteiger partial charge on any atom is 0.264 e. The third kappa shape index (κ3) is 7.15. The highest BCUT2D eigenvalue weighted by molar-refractivity contribution is 7.92. The molecule has 1 fully saturated rings. The van der Waals surface area contributed by atoms with Crippen molar-refractivity contribution in [1.29, 1.82) is 0 Å². The molecule has 1 unspecified atom stereocenters. The number of amides is 2. The molecule has 1 aliphatic carbocycles. The van der Waals surface area contributed by atoms with E-state index in [9.17, 15) is 22.4 Å². The van der Waals surface area contributed by atoms with Crippen LogP contribution in [-0.2, 0) is 26.2 Å². The Morgan fingerprint density at radius 3 is 2.34 bits per heavy atom. The van der Waals surface area contributed by atoms with Crippen LogP contribution in [0.1, 0.15) is 50.2 Å². The molecular formula is C33H38FN3O6S. The summed E-state index contributed by atoms with van der Waals surface area (Å²) in [6.45, 7) is 3.68. The number of benzene rings is 3. The largest absolute Gasteiger partial charge is 0.486 e. The number of halogens is 1. The molecule has 1 aliphatic heterocycles. The predicted octanol–water partition coefficient (Wildman–Crippen LogP) is 4.97. The Hall–Kier alpha value is -4.12. The number of nitrogens with zero attached hydrogens (tertiary/aromatic N) is 2. The average molecular weight is 624 g/mol. The average Bonchev–Trinajstić information content (AvgIpc) is 3.03. The molecule has 1 atom stereocenters. The third-order valence-corrected chi connectivity index (χ3v) is 9.99. The zero-order valence-electron chi connectivity index (χ0n) is 25.0. The minimum Gasteiger partial charge on any atom is -0.486 e. The lowest BCUT2D eigenvalue weighted by molar-refractivity contribution is -0.139. The maximum absolute atomic E-state index is 14.2. The second-order valence-electron chi connectivity index (χ2n) is 11.3. The zero-order valence-corrected chi connectivity index (χ0v) is 25.8. The van der Waals surface area contributed by atoms with E-state index in [2.05, 4.69) is 5.32 Å². The highest BCUT2D eigenvalue weighted by Crippen LogP contribution is 2.34. The number of nitrogens with one attached hydrogen (secondary N) is 1. The lowest BCUT2D eigenvalue weighted by atomic mass is 9.95. The number of sulfonamides is 1. The molecule has 11 heteroatoms. The van der Waals surface area contributed by atoms with Gasteiger partial charge in [0, 0.05) is 18.7 Å². The summed E-state index contributed by atoms with van der Waals surface area (Å²) in [5.41, 5.74) is 1.87. The van der Waals surface area contributed by atoms with Crippen molar-refractivity contribution in [3.63, 3.8) is 0 Å². The summed E-state index contributed by atoms with van der Waals surface area (Å²) in [7, 11) is -4.35. The minimum atomic E-state index is -4.35. The third-order valence-electron chi connectivity index (χ3n) is 8.22. The SMILES string of the molecule is Cc1ccccc1CN(C(=O)CN(c1ccc(F)cc1)S(=O)(=O)c1ccc2c(c1)OCCO2)C(C)C(=O)NC1CCCCC1. The molecule has 234 valence electrons. The Kier molecular flexibility index (Phi) is 9.73. The fourth-order valence-electron chi connectivity index (χ4n) is 5.57. The van der Waals surface area contributed by atoms with Crippen LogP contribution in [-0.4, -0.2) is 57.0 Å². The molecule has 1 N–H and O–H groups in total. The minimum absolute atomic E-state index is 0.0420. The summed E-state index contributed by atoms with van der Waals surface area (Å²) in [4.78, 5) is 29.0. The van der Waals surface area contributed by atoms with Crippen LogP contribution in [0.25, 0.3) is 0 Å². The number of hydrogen-bond acceptors (Lipinski definition) is 6. The first-order valence-electron chi connectivity index (χ1n) is 15.0. The highest BCUT2D eigenvalue weighted by Gasteiger charge is 2.34. The topological polar surface area (TPSA) is 105 Å². The van der Waals surface area contributed by atoms with Crippen LogP contribution in [0.5, 0.6) is 11.5 Å². The number of ether oxygens (including phenoxy) is 2. The summed E-state index contributed by atoms with van der Waals surface area (Å²) in [6.07, 6.45) is 4.98. The van der Waals surface area contributed by atoms with Gasteiger partial charge in [-0.15, -0.1) is 0 Å². The lowest BCUT2D eigenvalue weighted by Crippen LogP contribution is -2.53. The van der Waals surface area contributed by atoms with Gasteiger partial charge in [-0.05, 0) is 74.2 Å². The highest BCUT2D eigenvalue weighted by atomic mass is 32.2. The lowest BCUT2D eigenvalue weighted by Gasteiger charge is -2.33. The van der Waals surface area contributed by atoms with Crippen LogP contribution in [0.3, 0.4) is 0 Å². The van der Waals surface area contributed by atoms with Crippen molar-refractivity contribution in [3.05, 3.63) is 83.7 Å². The van der Waals surface area contributed by atoms with Gasteiger partial charge in [0.1, 0.15) is 31.6 Å². The molecule has 1 heterocycles. The fraction of sp³-hybridized carbons (Fsp3) is 0.394. The number of hydrogen-bond donors (Lipinski definition) is 1. The van der Waals surface area contributed by atoms with E-state index >= 15 is 0 Å². The summed E-state index contributed by atoms with van der Waals surface area (Å²) in [6, 6.07) is 15.8. The Morgan fingerprint density at radius 1 is 0.955 bits per heavy atom. The molecule has 0 radical (unpaired) electrons. The van der Waals surface area contributed by atoms with Gasteiger partial charge in [-0.2, -0.15) is 0 Å². The van der Waals surface area contributed by atoms with Gasteiger partial charge in [0.25, 0.3) is 10.0 Å². The van der Waals surface area contributed by atoms with E-state index in [-0.39, 0.29) is 41.4 Å². The predicted molar refractivity (Wildman–Crippen MR) is 165 cm³/mol. The number of carbonyl (C=O) groups is 2. The Balaban J connectivity index is 1.48. The van der Waals surface area contributed by atoms with E-state index in [1.165, 1.54) is 35.2 Å². The molecule has 0 saturated heterocycles. The smallest absolute Gasteiger partial charge is 0.264 e. The fourth-order valence-corrected chi connectivity index (χ4v) is 7.00. The second-order valence-corrected chi connectivity index (χ2v) is 13.1. The molecule has 9 nitrogen and oxygen atoms in total. The van der Waals surface area contributed by atoms with Crippen LogP contribution in [0.4, 0.5) is 10.1 Å². The number of aryl methyl sites for hydroxylation is 1. The molecule has 2 aliphatic rings. The first-order valence-corrected chi connectivity index (χ1v) is 16.4. The quantitative estimate of drug-likeness (QED) is 0.342. The van der Waals surface area contributed by atoms with E-state index in [4.69, 9.17) is 9.47 Å². The Labute approximate surface area is 258 Å². The molecule has 1 saturated carbocycles. The van der Waals surface area contributed by atoms with E-state index in [0.29, 0.717) is 12.4 Å². The van der Waals surface area contributed by atoms with E-state index in [1.807, 2.05) is 31.2 Å². The Morgan fingerprint density at radius 2 is 1.64 bits per heavy atom. The standard InChI is InChI=1S/C33H38FN3O6S/c1-23-8-6-7-9-25(23)21-36(24(2)33(39)35-27-10-4-3-5-11-27)32(38)22-37(28-14-12-26(34)13-15-28)44(40,41)29-16-17-30-31(20-29)43-19-18-42-30/h6-9,12-17,20,24,27H,3-5,10-11,18-19,21-22H2,1-2H3,(H,35,39). The summed E-state index contributed by atoms with van der Waals surface area (Å²) < 4.78 is 54.2. The van der Waals surface area contributed by atoms with E-state index in [0.717, 1.165) is 59.7 Å². The number of fused-ring (bicyclic) bond motifs is 1. The molecule has 2 amide bonds. The van der Waals surface area contributed by atoms with Crippen LogP contribution in [0.15, 0.2) is 71.6 Å². The van der Waals surface area contributed by atoms with Crippen molar-refractivity contribution >= 4 is 27.5 Å². The molecule has 0 aromatic heterocycles. The van der Waals surface area contributed by atoms with Gasteiger partial charge in [0.05, 0.1) is 10.6 Å². The van der Waals surface area contributed by atoms with Crippen molar-refractivity contribution in [2.45, 2.75) is 69.5 Å². The van der Waals surface area contributed by atoms with Crippen molar-refractivity contribution in [1.82, 2.24) is 10.2 Å². The van der Waals surface area contributed by atoms with Crippen LogP contribution in [0.2, 0.25) is 0 Å². The van der Waals surface area contributed by atoms with Crippen LogP contribution in [0, 0.1) is 12.7 Å². The maximum atomic E-state index is 14.2. The van der Waals surface area contributed by atoms with Gasteiger partial charge >= 0.3 is 0 Å². The van der Waals surface area contributed by atoms with Gasteiger partial charge in [-0.3, -0.25) is 13.9 Å². The van der Waals surface area contributed by atoms with E-state index < -0.39 is 34.3 Å². The molecule has 3 aromatic carbocycles. The van der Waals surface area contributed by atoms with Gasteiger partial charge < -0.3 is 19.7 Å². The van der Waals surface area contributed by atoms with E-state index in [1.54, 1.807) is 6.92 Å². The van der Waals surface area contributed by atoms with Crippen molar-refractivity contribution in [3.8, 4) is 11.5 Å². The van der Waals surface area contributed by atoms with Crippen molar-refractivity contribution in [2.75, 3.05) is 24.1 Å². The number of rotatable bonds is 10. The van der Waals surface area contributed by atoms with Gasteiger partial charge in [-0.25, -0.2) is 12.8 Å². The molecule has 0 spiro atoms. The molecule has 5 rings (SSSR count). The van der Waals surface area contributed by atoms with Crippen LogP contribution < -0.4 is 19.1 Å². The number of carbonyl (C=O) groups excluding carboxylic acids is 2. The van der Waals surface area contributed by atoms with Crippen LogP contribution >= 0.6 is 0 Å². The zero-order chi connectivity index (χ0) is 31.3. The number of anilines is 1. The summed E-state index contributed by atoms with van der Waals surface area (Å²) in [5.74, 6) is -0.725. The summed E-state index contributed by atoms with van der Waals surface area (Å²) in [5, 5.41) is 3.10. The Bertz CT molecular complexity index is 1590. The molecule has 44 heavy (non-hydrogen) atoms. The normalized spacial score (nSPS) is 15.7. The monoisotopic (exact) mass is 623 g/mol. The van der Waals surface area contributed by atoms with Crippen molar-refractivity contribution < 1.29 is 31.9 Å². The second kappa shape index (κ2) is 13.7.